The van der Waals surface area contributed by atoms with Gasteiger partial charge in [0.05, 0.1) is 12.6 Å². The summed E-state index contributed by atoms with van der Waals surface area (Å²) < 4.78 is 12.3. The first-order valence-electron chi connectivity index (χ1n) is 7.83. The molecule has 0 radical (unpaired) electrons. The van der Waals surface area contributed by atoms with Crippen LogP contribution in [0, 0.1) is 6.92 Å². The Morgan fingerprint density at radius 2 is 2.08 bits per heavy atom. The number of rotatable bonds is 2. The van der Waals surface area contributed by atoms with Crippen molar-refractivity contribution in [2.75, 3.05) is 6.61 Å². The van der Waals surface area contributed by atoms with E-state index in [2.05, 4.69) is 21.2 Å². The van der Waals surface area contributed by atoms with Gasteiger partial charge in [-0.15, -0.1) is 0 Å². The number of aryl methyl sites for hydroxylation is 1. The summed E-state index contributed by atoms with van der Waals surface area (Å²) in [7, 11) is 0. The van der Waals surface area contributed by atoms with E-state index in [0.717, 1.165) is 38.7 Å². The smallest absolute Gasteiger partial charge is 0.287 e. The van der Waals surface area contributed by atoms with E-state index < -0.39 is 0 Å². The van der Waals surface area contributed by atoms with Crippen LogP contribution in [-0.2, 0) is 0 Å². The monoisotopic (exact) mass is 385 g/mol. The topological polar surface area (TPSA) is 51.5 Å². The lowest BCUT2D eigenvalue weighted by atomic mass is 10.0. The Bertz CT molecular complexity index is 932. The van der Waals surface area contributed by atoms with Crippen molar-refractivity contribution < 1.29 is 13.9 Å². The molecule has 4 rings (SSSR count). The molecule has 0 aliphatic carbocycles. The highest BCUT2D eigenvalue weighted by Gasteiger charge is 2.25. The molecule has 2 aromatic carbocycles. The van der Waals surface area contributed by atoms with Gasteiger partial charge in [0.1, 0.15) is 11.3 Å². The predicted octanol–water partition coefficient (Wildman–Crippen LogP) is 4.76. The Kier molecular flexibility index (Phi) is 3.81. The number of furan rings is 1. The molecule has 0 spiro atoms. The molecule has 0 saturated heterocycles. The van der Waals surface area contributed by atoms with Gasteiger partial charge in [0.2, 0.25) is 0 Å². The van der Waals surface area contributed by atoms with Gasteiger partial charge in [0, 0.05) is 21.8 Å². The van der Waals surface area contributed by atoms with Gasteiger partial charge < -0.3 is 14.5 Å². The van der Waals surface area contributed by atoms with Gasteiger partial charge in [0.15, 0.2) is 5.76 Å². The molecule has 1 atom stereocenters. The molecule has 2 heterocycles. The zero-order valence-corrected chi connectivity index (χ0v) is 14.7. The van der Waals surface area contributed by atoms with Crippen molar-refractivity contribution >= 4 is 32.8 Å². The van der Waals surface area contributed by atoms with Crippen LogP contribution < -0.4 is 10.1 Å². The zero-order valence-electron chi connectivity index (χ0n) is 13.1. The largest absolute Gasteiger partial charge is 0.493 e. The van der Waals surface area contributed by atoms with Crippen molar-refractivity contribution in [3.8, 4) is 5.75 Å². The predicted molar refractivity (Wildman–Crippen MR) is 95.4 cm³/mol. The van der Waals surface area contributed by atoms with Gasteiger partial charge in [0.25, 0.3) is 5.91 Å². The number of carbonyl (C=O) groups excluding carboxylic acids is 1. The van der Waals surface area contributed by atoms with E-state index in [1.807, 2.05) is 43.3 Å². The molecule has 3 aromatic rings. The van der Waals surface area contributed by atoms with E-state index in [4.69, 9.17) is 9.15 Å². The molecule has 122 valence electrons. The van der Waals surface area contributed by atoms with Gasteiger partial charge in [-0.1, -0.05) is 27.6 Å². The fraction of sp³-hybridized carbons (Fsp3) is 0.211. The normalized spacial score (nSPS) is 16.5. The van der Waals surface area contributed by atoms with Crippen molar-refractivity contribution in [1.82, 2.24) is 5.32 Å². The molecule has 1 N–H and O–H groups in total. The van der Waals surface area contributed by atoms with Crippen LogP contribution in [0.25, 0.3) is 11.0 Å². The van der Waals surface area contributed by atoms with Crippen molar-refractivity contribution in [3.63, 3.8) is 0 Å². The highest BCUT2D eigenvalue weighted by Crippen LogP contribution is 2.34. The van der Waals surface area contributed by atoms with Gasteiger partial charge in [-0.05, 0) is 43.3 Å². The highest BCUT2D eigenvalue weighted by atomic mass is 79.9. The van der Waals surface area contributed by atoms with E-state index in [1.54, 1.807) is 6.07 Å². The number of fused-ring (bicyclic) bond motifs is 2. The fourth-order valence-electron chi connectivity index (χ4n) is 3.02. The van der Waals surface area contributed by atoms with Gasteiger partial charge in [-0.2, -0.15) is 0 Å². The molecule has 5 heteroatoms. The van der Waals surface area contributed by atoms with Gasteiger partial charge in [-0.3, -0.25) is 4.79 Å². The summed E-state index contributed by atoms with van der Waals surface area (Å²) in [5.41, 5.74) is 2.84. The molecule has 0 bridgehead atoms. The number of amides is 1. The van der Waals surface area contributed by atoms with E-state index in [9.17, 15) is 4.79 Å². The minimum atomic E-state index is -0.207. The quantitative estimate of drug-likeness (QED) is 0.691. The molecule has 24 heavy (non-hydrogen) atoms. The van der Waals surface area contributed by atoms with Crippen LogP contribution in [0.5, 0.6) is 5.75 Å². The lowest BCUT2D eigenvalue weighted by Gasteiger charge is -2.26. The molecule has 4 nitrogen and oxygen atoms in total. The second-order valence-electron chi connectivity index (χ2n) is 6.00. The maximum Gasteiger partial charge on any atom is 0.287 e. The number of hydrogen-bond acceptors (Lipinski definition) is 3. The Morgan fingerprint density at radius 1 is 1.21 bits per heavy atom. The number of carbonyl (C=O) groups is 1. The number of hydrogen-bond donors (Lipinski definition) is 1. The van der Waals surface area contributed by atoms with E-state index in [1.165, 1.54) is 0 Å². The molecule has 1 aromatic heterocycles. The summed E-state index contributed by atoms with van der Waals surface area (Å²) in [4.78, 5) is 12.6. The van der Waals surface area contributed by atoms with Crippen LogP contribution >= 0.6 is 15.9 Å². The van der Waals surface area contributed by atoms with E-state index in [-0.39, 0.29) is 11.9 Å². The maximum atomic E-state index is 12.6. The van der Waals surface area contributed by atoms with Crippen LogP contribution in [0.2, 0.25) is 0 Å². The number of ether oxygens (including phenoxy) is 1. The number of benzene rings is 2. The van der Waals surface area contributed by atoms with Crippen molar-refractivity contribution in [2.24, 2.45) is 0 Å². The lowest BCUT2D eigenvalue weighted by molar-refractivity contribution is 0.0899. The summed E-state index contributed by atoms with van der Waals surface area (Å²) in [5.74, 6) is 0.940. The SMILES string of the molecule is Cc1ccc2oc(C(=O)NC3CCOc4ccc(Br)cc43)cc2c1. The van der Waals surface area contributed by atoms with E-state index in [0.29, 0.717) is 12.4 Å². The lowest BCUT2D eigenvalue weighted by Crippen LogP contribution is -2.31. The third-order valence-corrected chi connectivity index (χ3v) is 4.71. The Hall–Kier alpha value is -2.27. The van der Waals surface area contributed by atoms with Crippen LogP contribution in [0.1, 0.15) is 34.1 Å². The van der Waals surface area contributed by atoms with Crippen molar-refractivity contribution in [1.29, 1.82) is 0 Å². The molecule has 1 amide bonds. The Labute approximate surface area is 147 Å². The third kappa shape index (κ3) is 2.80. The van der Waals surface area contributed by atoms with Crippen LogP contribution in [-0.4, -0.2) is 12.5 Å². The van der Waals surface area contributed by atoms with Crippen LogP contribution in [0.3, 0.4) is 0 Å². The molecule has 1 aliphatic rings. The highest BCUT2D eigenvalue weighted by molar-refractivity contribution is 9.10. The summed E-state index contributed by atoms with van der Waals surface area (Å²) in [6.45, 7) is 2.60. The van der Waals surface area contributed by atoms with Crippen LogP contribution in [0.15, 0.2) is 51.4 Å². The second kappa shape index (κ2) is 5.98. The van der Waals surface area contributed by atoms with Gasteiger partial charge >= 0.3 is 0 Å². The molecule has 1 aliphatic heterocycles. The Morgan fingerprint density at radius 3 is 2.96 bits per heavy atom. The fourth-order valence-corrected chi connectivity index (χ4v) is 3.40. The first-order chi connectivity index (χ1) is 11.6. The van der Waals surface area contributed by atoms with Crippen molar-refractivity contribution in [3.05, 3.63) is 63.8 Å². The molecule has 1 unspecified atom stereocenters. The number of halogens is 1. The first-order valence-corrected chi connectivity index (χ1v) is 8.63. The average molecular weight is 386 g/mol. The van der Waals surface area contributed by atoms with E-state index >= 15 is 0 Å². The summed E-state index contributed by atoms with van der Waals surface area (Å²) in [5, 5.41) is 4.00. The standard InChI is InChI=1S/C19H16BrNO3/c1-11-2-4-16-12(8-11)9-18(24-16)19(22)21-15-6-7-23-17-5-3-13(20)10-14(15)17/h2-5,8-10,15H,6-7H2,1H3,(H,21,22). The minimum Gasteiger partial charge on any atom is -0.493 e. The summed E-state index contributed by atoms with van der Waals surface area (Å²) in [6.07, 6.45) is 0.731. The van der Waals surface area contributed by atoms with Crippen molar-refractivity contribution in [2.45, 2.75) is 19.4 Å². The number of nitrogens with one attached hydrogen (secondary N) is 1. The first kappa shape index (κ1) is 15.3. The second-order valence-corrected chi connectivity index (χ2v) is 6.91. The average Bonchev–Trinajstić information content (AvgIpc) is 2.98. The Balaban J connectivity index is 1.61. The minimum absolute atomic E-state index is 0.0892. The third-order valence-electron chi connectivity index (χ3n) is 4.21. The molecular formula is C19H16BrNO3. The molecule has 0 fully saturated rings. The summed E-state index contributed by atoms with van der Waals surface area (Å²) in [6, 6.07) is 13.4. The maximum absolute atomic E-state index is 12.6. The summed E-state index contributed by atoms with van der Waals surface area (Å²) >= 11 is 3.47. The molecule has 0 saturated carbocycles. The van der Waals surface area contributed by atoms with Crippen LogP contribution in [0.4, 0.5) is 0 Å². The van der Waals surface area contributed by atoms with Gasteiger partial charge in [-0.25, -0.2) is 0 Å². The zero-order chi connectivity index (χ0) is 16.7. The molecular weight excluding hydrogens is 370 g/mol.